The zero-order valence-corrected chi connectivity index (χ0v) is 17.2. The van der Waals surface area contributed by atoms with Crippen LogP contribution in [0.1, 0.15) is 17.3 Å². The number of rotatable bonds is 6. The maximum absolute atomic E-state index is 12.4. The van der Waals surface area contributed by atoms with Gasteiger partial charge in [0.25, 0.3) is 5.91 Å². The molecule has 0 aliphatic carbocycles. The highest BCUT2D eigenvalue weighted by Crippen LogP contribution is 2.21. The smallest absolute Gasteiger partial charge is 0.255 e. The maximum atomic E-state index is 12.4. The van der Waals surface area contributed by atoms with E-state index in [2.05, 4.69) is 15.5 Å². The fourth-order valence-electron chi connectivity index (χ4n) is 3.25. The van der Waals surface area contributed by atoms with Gasteiger partial charge in [0.15, 0.2) is 0 Å². The second-order valence-electron chi connectivity index (χ2n) is 7.01. The molecule has 1 saturated heterocycles. The van der Waals surface area contributed by atoms with E-state index in [1.165, 1.54) is 6.92 Å². The second-order valence-corrected chi connectivity index (χ2v) is 7.01. The number of amides is 3. The fraction of sp³-hybridized carbons (Fsp3) is 0.318. The molecule has 2 aromatic carbocycles. The molecule has 8 heteroatoms. The number of hydrogen-bond acceptors (Lipinski definition) is 5. The lowest BCUT2D eigenvalue weighted by Crippen LogP contribution is -2.51. The van der Waals surface area contributed by atoms with Crippen LogP contribution < -0.4 is 20.3 Å². The molecular weight excluding hydrogens is 384 g/mol. The van der Waals surface area contributed by atoms with E-state index in [0.29, 0.717) is 43.2 Å². The Labute approximate surface area is 175 Å². The summed E-state index contributed by atoms with van der Waals surface area (Å²) < 4.78 is 5.16. The van der Waals surface area contributed by atoms with Gasteiger partial charge in [-0.15, -0.1) is 0 Å². The number of carbonyl (C=O) groups excluding carboxylic acids is 3. The number of methoxy groups -OCH3 is 1. The van der Waals surface area contributed by atoms with Crippen molar-refractivity contribution in [2.75, 3.05) is 50.1 Å². The van der Waals surface area contributed by atoms with Gasteiger partial charge in [-0.25, -0.2) is 0 Å². The molecule has 0 spiro atoms. The molecule has 0 aromatic heterocycles. The summed E-state index contributed by atoms with van der Waals surface area (Å²) in [6, 6.07) is 14.6. The van der Waals surface area contributed by atoms with Crippen molar-refractivity contribution in [1.82, 2.24) is 10.2 Å². The molecule has 2 aromatic rings. The Balaban J connectivity index is 1.53. The van der Waals surface area contributed by atoms with E-state index in [4.69, 9.17) is 4.74 Å². The van der Waals surface area contributed by atoms with Crippen molar-refractivity contribution >= 4 is 29.1 Å². The monoisotopic (exact) mass is 410 g/mol. The third kappa shape index (κ3) is 5.50. The third-order valence-electron chi connectivity index (χ3n) is 4.94. The lowest BCUT2D eigenvalue weighted by molar-refractivity contribution is -0.132. The van der Waals surface area contributed by atoms with E-state index in [9.17, 15) is 14.4 Å². The Hall–Kier alpha value is -3.55. The van der Waals surface area contributed by atoms with E-state index < -0.39 is 0 Å². The van der Waals surface area contributed by atoms with Crippen LogP contribution in [0, 0.1) is 0 Å². The van der Waals surface area contributed by atoms with Crippen molar-refractivity contribution < 1.29 is 19.1 Å². The van der Waals surface area contributed by atoms with Crippen molar-refractivity contribution in [3.63, 3.8) is 0 Å². The summed E-state index contributed by atoms with van der Waals surface area (Å²) in [4.78, 5) is 39.4. The molecule has 8 nitrogen and oxygen atoms in total. The molecule has 1 fully saturated rings. The molecular formula is C22H26N4O4. The fourth-order valence-corrected chi connectivity index (χ4v) is 3.25. The van der Waals surface area contributed by atoms with E-state index in [1.54, 1.807) is 36.3 Å². The minimum atomic E-state index is -0.208. The van der Waals surface area contributed by atoms with Gasteiger partial charge < -0.3 is 25.2 Å². The Bertz CT molecular complexity index is 906. The molecule has 1 aliphatic rings. The highest BCUT2D eigenvalue weighted by molar-refractivity contribution is 6.04. The van der Waals surface area contributed by atoms with Crippen molar-refractivity contribution in [2.24, 2.45) is 0 Å². The van der Waals surface area contributed by atoms with Crippen molar-refractivity contribution in [3.05, 3.63) is 54.1 Å². The summed E-state index contributed by atoms with van der Waals surface area (Å²) in [5.41, 5.74) is 2.26. The van der Waals surface area contributed by atoms with Crippen LogP contribution in [-0.2, 0) is 9.59 Å². The molecule has 0 atom stereocenters. The van der Waals surface area contributed by atoms with Gasteiger partial charge in [0.2, 0.25) is 11.8 Å². The molecule has 158 valence electrons. The number of benzene rings is 2. The first-order valence-electron chi connectivity index (χ1n) is 9.79. The van der Waals surface area contributed by atoms with Gasteiger partial charge in [-0.3, -0.25) is 14.4 Å². The number of anilines is 2. The Morgan fingerprint density at radius 2 is 1.70 bits per heavy atom. The first-order chi connectivity index (χ1) is 14.5. The summed E-state index contributed by atoms with van der Waals surface area (Å²) in [7, 11) is 1.56. The molecule has 1 aliphatic heterocycles. The first kappa shape index (κ1) is 21.2. The van der Waals surface area contributed by atoms with Crippen LogP contribution in [0.15, 0.2) is 48.5 Å². The molecule has 3 rings (SSSR count). The van der Waals surface area contributed by atoms with Gasteiger partial charge in [0.05, 0.1) is 13.7 Å². The summed E-state index contributed by atoms with van der Waals surface area (Å²) in [5, 5.41) is 5.42. The number of carbonyl (C=O) groups is 3. The number of hydrogen-bond donors (Lipinski definition) is 2. The van der Waals surface area contributed by atoms with Gasteiger partial charge >= 0.3 is 0 Å². The Morgan fingerprint density at radius 3 is 2.33 bits per heavy atom. The van der Waals surface area contributed by atoms with Gasteiger partial charge in [0, 0.05) is 50.0 Å². The van der Waals surface area contributed by atoms with Crippen LogP contribution in [-0.4, -0.2) is 62.5 Å². The number of nitrogens with one attached hydrogen (secondary N) is 2. The van der Waals surface area contributed by atoms with Crippen molar-refractivity contribution in [1.29, 1.82) is 0 Å². The topological polar surface area (TPSA) is 91.0 Å². The first-order valence-corrected chi connectivity index (χ1v) is 9.79. The minimum Gasteiger partial charge on any atom is -0.497 e. The van der Waals surface area contributed by atoms with E-state index in [0.717, 1.165) is 5.69 Å². The lowest BCUT2D eigenvalue weighted by atomic mass is 10.2. The van der Waals surface area contributed by atoms with Crippen molar-refractivity contribution in [3.8, 4) is 5.75 Å². The standard InChI is InChI=1S/C22H26N4O4/c1-16(27)23-15-21(28)26-12-10-25(11-13-26)19-8-6-18(7-9-19)24-22(29)17-4-3-5-20(14-17)30-2/h3-9,14H,10-13,15H2,1-2H3,(H,23,27)(H,24,29). The SMILES string of the molecule is COc1cccc(C(=O)Nc2ccc(N3CCN(C(=O)CNC(C)=O)CC3)cc2)c1. The Kier molecular flexibility index (Phi) is 6.90. The number of nitrogens with zero attached hydrogens (tertiary/aromatic N) is 2. The summed E-state index contributed by atoms with van der Waals surface area (Å²) >= 11 is 0. The third-order valence-corrected chi connectivity index (χ3v) is 4.94. The van der Waals surface area contributed by atoms with Crippen LogP contribution in [0.2, 0.25) is 0 Å². The minimum absolute atomic E-state index is 0.0387. The quantitative estimate of drug-likeness (QED) is 0.757. The molecule has 3 amide bonds. The Morgan fingerprint density at radius 1 is 1.00 bits per heavy atom. The molecule has 30 heavy (non-hydrogen) atoms. The molecule has 0 unspecified atom stereocenters. The average molecular weight is 410 g/mol. The maximum Gasteiger partial charge on any atom is 0.255 e. The summed E-state index contributed by atoms with van der Waals surface area (Å²) in [6.07, 6.45) is 0. The van der Waals surface area contributed by atoms with Crippen molar-refractivity contribution in [2.45, 2.75) is 6.92 Å². The summed E-state index contributed by atoms with van der Waals surface area (Å²) in [5.74, 6) is 0.154. The van der Waals surface area contributed by atoms with Crippen LogP contribution in [0.4, 0.5) is 11.4 Å². The highest BCUT2D eigenvalue weighted by atomic mass is 16.5. The molecule has 0 saturated carbocycles. The summed E-state index contributed by atoms with van der Waals surface area (Å²) in [6.45, 7) is 4.06. The number of piperazine rings is 1. The highest BCUT2D eigenvalue weighted by Gasteiger charge is 2.21. The van der Waals surface area contributed by atoms with Crippen LogP contribution in [0.5, 0.6) is 5.75 Å². The molecule has 0 bridgehead atoms. The van der Waals surface area contributed by atoms with Crippen LogP contribution in [0.3, 0.4) is 0 Å². The zero-order valence-electron chi connectivity index (χ0n) is 17.2. The molecule has 0 radical (unpaired) electrons. The molecule has 1 heterocycles. The van der Waals surface area contributed by atoms with Gasteiger partial charge in [-0.1, -0.05) is 6.07 Å². The van der Waals surface area contributed by atoms with E-state index in [-0.39, 0.29) is 24.3 Å². The normalized spacial score (nSPS) is 13.5. The van der Waals surface area contributed by atoms with E-state index in [1.807, 2.05) is 24.3 Å². The predicted octanol–water partition coefficient (Wildman–Crippen LogP) is 1.73. The largest absolute Gasteiger partial charge is 0.497 e. The second kappa shape index (κ2) is 9.78. The van der Waals surface area contributed by atoms with Gasteiger partial charge in [-0.2, -0.15) is 0 Å². The van der Waals surface area contributed by atoms with Crippen LogP contribution in [0.25, 0.3) is 0 Å². The van der Waals surface area contributed by atoms with Gasteiger partial charge in [-0.05, 0) is 42.5 Å². The molecule has 2 N–H and O–H groups in total. The lowest BCUT2D eigenvalue weighted by Gasteiger charge is -2.36. The zero-order chi connectivity index (χ0) is 21.5. The average Bonchev–Trinajstić information content (AvgIpc) is 2.78. The number of ether oxygens (including phenoxy) is 1. The predicted molar refractivity (Wildman–Crippen MR) is 115 cm³/mol. The van der Waals surface area contributed by atoms with Gasteiger partial charge in [0.1, 0.15) is 5.75 Å². The van der Waals surface area contributed by atoms with E-state index >= 15 is 0 Å². The van der Waals surface area contributed by atoms with Crippen LogP contribution >= 0.6 is 0 Å².